The molecule has 0 aromatic heterocycles. The predicted molar refractivity (Wildman–Crippen MR) is 10.8 cm³/mol. The molecule has 0 atom stereocenters. The first kappa shape index (κ1) is 155. The van der Waals surface area contributed by atoms with E-state index in [2.05, 4.69) is 0 Å². The van der Waals surface area contributed by atoms with E-state index in [0.717, 1.165) is 0 Å². The van der Waals surface area contributed by atoms with Crippen LogP contribution in [0.1, 0.15) is 0 Å². The molecule has 3 radical (unpaired) electrons. The molecule has 6 N–H and O–H groups in total. The van der Waals surface area contributed by atoms with Crippen molar-refractivity contribution >= 4 is 0 Å². The monoisotopic (exact) mass is 733 g/mol. The van der Waals surface area contributed by atoms with Gasteiger partial charge in [-0.05, 0) is 0 Å². The summed E-state index contributed by atoms with van der Waals surface area (Å²) in [6, 6.07) is 0. The third-order valence-corrected chi connectivity index (χ3v) is 0. The Morgan fingerprint density at radius 3 is 0.500 bits per heavy atom. The summed E-state index contributed by atoms with van der Waals surface area (Å²) >= 11 is 0. The maximum absolute atomic E-state index is 0. The standard InChI is InChI=1S/2Am.Au.3H2O/h;;;3*1H2. The molecule has 0 aliphatic heterocycles. The van der Waals surface area contributed by atoms with Gasteiger partial charge in [-0.15, -0.1) is 0 Å². The Hall–Kier alpha value is 1.40. The molecule has 3 nitrogen and oxygen atoms in total. The van der Waals surface area contributed by atoms with Gasteiger partial charge in [0.05, 0.1) is 0 Å². The molecule has 0 aliphatic carbocycles. The van der Waals surface area contributed by atoms with Crippen molar-refractivity contribution in [1.29, 1.82) is 0 Å². The van der Waals surface area contributed by atoms with Crippen LogP contribution in [-0.2, 0) is 22.4 Å². The zero-order valence-corrected chi connectivity index (χ0v) is 11.0. The van der Waals surface area contributed by atoms with Crippen LogP contribution in [-0.4, -0.2) is 16.4 Å². The summed E-state index contributed by atoms with van der Waals surface area (Å²) in [5.41, 5.74) is 0. The smallest absolute Gasteiger partial charge is 0 e. The molecule has 6 heteroatoms. The van der Waals surface area contributed by atoms with Gasteiger partial charge in [0.15, 0.2) is 0 Å². The molecule has 0 unspecified atom stereocenters. The average molecular weight is 737 g/mol. The zero-order valence-electron chi connectivity index (χ0n) is 2.56. The Morgan fingerprint density at radius 1 is 0.500 bits per heavy atom. The quantitative estimate of drug-likeness (QED) is 0.247. The van der Waals surface area contributed by atoms with Crippen LogP contribution in [0, 0.1) is 28.6 Å². The minimum absolute atomic E-state index is 0. The van der Waals surface area contributed by atoms with Gasteiger partial charge in [0, 0.05) is 50.9 Å². The summed E-state index contributed by atoms with van der Waals surface area (Å²) in [6.07, 6.45) is 0. The second-order valence-corrected chi connectivity index (χ2v) is 0. The first-order chi connectivity index (χ1) is 0. The van der Waals surface area contributed by atoms with Gasteiger partial charge in [-0.25, -0.2) is 0 Å². The predicted octanol–water partition coefficient (Wildman–Crippen LogP) is -2.48. The van der Waals surface area contributed by atoms with Crippen LogP contribution in [0.25, 0.3) is 0 Å². The van der Waals surface area contributed by atoms with Crippen LogP contribution >= 0.6 is 0 Å². The first-order valence-corrected chi connectivity index (χ1v) is 0. The van der Waals surface area contributed by atoms with Crippen LogP contribution in [0.4, 0.5) is 0 Å². The molecule has 0 spiro atoms. The van der Waals surface area contributed by atoms with Crippen molar-refractivity contribution < 1.29 is 67.4 Å². The Balaban J connectivity index is 0. The van der Waals surface area contributed by atoms with Gasteiger partial charge in [-0.1, -0.05) is 0 Å². The van der Waals surface area contributed by atoms with Crippen LogP contribution in [0.5, 0.6) is 0 Å². The summed E-state index contributed by atoms with van der Waals surface area (Å²) in [5, 5.41) is 0. The van der Waals surface area contributed by atoms with Gasteiger partial charge in [0.25, 0.3) is 0 Å². The van der Waals surface area contributed by atoms with Gasteiger partial charge in [-0.2, -0.15) is 0 Å². The molecule has 0 rings (SSSR count). The summed E-state index contributed by atoms with van der Waals surface area (Å²) in [5.74, 6) is 0. The molecule has 49 valence electrons. The molecule has 0 saturated carbocycles. The van der Waals surface area contributed by atoms with Crippen LogP contribution in [0.15, 0.2) is 0 Å². The Bertz CT molecular complexity index is 8.75. The number of hydrogen-bond acceptors (Lipinski definition) is 0. The van der Waals surface area contributed by atoms with E-state index in [1.807, 2.05) is 0 Å². The fourth-order valence-electron chi connectivity index (χ4n) is 0. The second-order valence-electron chi connectivity index (χ2n) is 0. The summed E-state index contributed by atoms with van der Waals surface area (Å²) < 4.78 is 0. The third kappa shape index (κ3) is 53.4. The van der Waals surface area contributed by atoms with Gasteiger partial charge >= 0.3 is 0 Å². The zero-order chi connectivity index (χ0) is 0. The molecule has 0 aromatic carbocycles. The average Bonchev–Trinajstić information content (AvgIpc) is 0. The Kier molecular flexibility index (Phi) is 2460. The van der Waals surface area contributed by atoms with E-state index in [1.165, 1.54) is 0 Å². The molecule has 0 bridgehead atoms. The van der Waals surface area contributed by atoms with E-state index in [1.54, 1.807) is 0 Å². The third-order valence-electron chi connectivity index (χ3n) is 0. The Labute approximate surface area is 67.3 Å². The molecule has 0 fully saturated rings. The maximum Gasteiger partial charge on any atom is 0 e. The molecule has 0 aliphatic rings. The van der Waals surface area contributed by atoms with Crippen molar-refractivity contribution in [3.8, 4) is 0 Å². The molecule has 6 heavy (non-hydrogen) atoms. The van der Waals surface area contributed by atoms with Gasteiger partial charge in [-0.3, -0.25) is 0 Å². The topological polar surface area (TPSA) is 94.5 Å². The van der Waals surface area contributed by atoms with Crippen molar-refractivity contribution in [2.45, 2.75) is 0 Å². The normalized spacial score (nSPS) is 0. The van der Waals surface area contributed by atoms with Gasteiger partial charge in [0.1, 0.15) is 0 Å². The van der Waals surface area contributed by atoms with Crippen molar-refractivity contribution in [1.82, 2.24) is 0 Å². The summed E-state index contributed by atoms with van der Waals surface area (Å²) in [6.45, 7) is 0. The molecular formula is H6Am2AuO3. The van der Waals surface area contributed by atoms with E-state index >= 15 is 0 Å². The fraction of sp³-hybridized carbons (Fsp3) is 0. The Morgan fingerprint density at radius 2 is 0.500 bits per heavy atom. The van der Waals surface area contributed by atoms with Crippen LogP contribution in [0.2, 0.25) is 0 Å². The van der Waals surface area contributed by atoms with Gasteiger partial charge < -0.3 is 16.4 Å². The SMILES string of the molecule is O.O.O.[Am].[Am].[Au]. The number of hydrogen-bond donors (Lipinski definition) is 0. The number of rotatable bonds is 0. The van der Waals surface area contributed by atoms with Crippen LogP contribution in [0.3, 0.4) is 0 Å². The van der Waals surface area contributed by atoms with Crippen molar-refractivity contribution in [2.24, 2.45) is 0 Å². The molecule has 0 amide bonds. The molecule has 0 aromatic rings. The second kappa shape index (κ2) is 95.3. The minimum atomic E-state index is 0. The molecular weight excluding hydrogens is 731 g/mol. The first-order valence-electron chi connectivity index (χ1n) is 0. The van der Waals surface area contributed by atoms with E-state index in [9.17, 15) is 0 Å². The van der Waals surface area contributed by atoms with E-state index in [4.69, 9.17) is 0 Å². The summed E-state index contributed by atoms with van der Waals surface area (Å²) in [4.78, 5) is 0. The van der Waals surface area contributed by atoms with Gasteiger partial charge in [0.2, 0.25) is 0 Å². The molecule has 0 heterocycles. The molecule has 0 saturated heterocycles. The van der Waals surface area contributed by atoms with Crippen molar-refractivity contribution in [3.05, 3.63) is 0 Å². The largest absolute Gasteiger partial charge is 0.412 e. The van der Waals surface area contributed by atoms with Crippen molar-refractivity contribution in [2.75, 3.05) is 0 Å². The minimum Gasteiger partial charge on any atom is -0.412 e. The van der Waals surface area contributed by atoms with Crippen molar-refractivity contribution in [3.63, 3.8) is 0 Å². The van der Waals surface area contributed by atoms with E-state index in [0.29, 0.717) is 0 Å². The fourth-order valence-corrected chi connectivity index (χ4v) is 0. The van der Waals surface area contributed by atoms with Crippen LogP contribution < -0.4 is 0 Å². The maximum atomic E-state index is 0. The summed E-state index contributed by atoms with van der Waals surface area (Å²) in [7, 11) is 0. The van der Waals surface area contributed by atoms with E-state index in [-0.39, 0.29) is 67.4 Å². The van der Waals surface area contributed by atoms with E-state index < -0.39 is 0 Å².